The number of hydrogen-bond donors (Lipinski definition) is 0. The molecule has 1 heterocycles. The zero-order chi connectivity index (χ0) is 23.5. The quantitative estimate of drug-likeness (QED) is 0.436. The van der Waals surface area contributed by atoms with Crippen molar-refractivity contribution in [3.05, 3.63) is 42.0 Å². The largest absolute Gasteiger partial charge is 0.573 e. The van der Waals surface area contributed by atoms with Crippen molar-refractivity contribution >= 4 is 45.0 Å². The summed E-state index contributed by atoms with van der Waals surface area (Å²) in [5.74, 6) is 0.232. The molecule has 180 valence electrons. The SMILES string of the molecule is COc1cc(OC)cc(C(=O)N(CCN(C)C)c2nc3ccc(OC(F)(F)F)cc3s2)c1.Cl. The molecular weight excluding hydrogens is 483 g/mol. The zero-order valence-corrected chi connectivity index (χ0v) is 19.9. The second kappa shape index (κ2) is 10.9. The molecule has 0 N–H and O–H groups in total. The molecular formula is C21H23ClF3N3O4S. The number of carbonyl (C=O) groups is 1. The van der Waals surface area contributed by atoms with Crippen LogP contribution in [0.15, 0.2) is 36.4 Å². The highest BCUT2D eigenvalue weighted by atomic mass is 35.5. The van der Waals surface area contributed by atoms with Gasteiger partial charge in [-0.25, -0.2) is 4.98 Å². The van der Waals surface area contributed by atoms with Crippen molar-refractivity contribution in [1.82, 2.24) is 9.88 Å². The summed E-state index contributed by atoms with van der Waals surface area (Å²) >= 11 is 1.11. The molecule has 0 fully saturated rings. The number of aromatic nitrogens is 1. The van der Waals surface area contributed by atoms with Gasteiger partial charge in [-0.05, 0) is 38.4 Å². The van der Waals surface area contributed by atoms with Gasteiger partial charge in [0.2, 0.25) is 0 Å². The van der Waals surface area contributed by atoms with Crippen LogP contribution < -0.4 is 19.1 Å². The number of thiazole rings is 1. The molecule has 1 aromatic heterocycles. The van der Waals surface area contributed by atoms with Crippen molar-refractivity contribution in [2.75, 3.05) is 46.3 Å². The number of alkyl halides is 3. The van der Waals surface area contributed by atoms with E-state index in [-0.39, 0.29) is 24.1 Å². The van der Waals surface area contributed by atoms with Gasteiger partial charge >= 0.3 is 6.36 Å². The van der Waals surface area contributed by atoms with E-state index < -0.39 is 6.36 Å². The van der Waals surface area contributed by atoms with Crippen molar-refractivity contribution in [3.63, 3.8) is 0 Å². The zero-order valence-electron chi connectivity index (χ0n) is 18.3. The Hall–Kier alpha value is -2.76. The van der Waals surface area contributed by atoms with Crippen LogP contribution >= 0.6 is 23.7 Å². The first-order valence-electron chi connectivity index (χ1n) is 9.45. The predicted molar refractivity (Wildman–Crippen MR) is 123 cm³/mol. The van der Waals surface area contributed by atoms with E-state index in [1.54, 1.807) is 18.2 Å². The maximum absolute atomic E-state index is 13.4. The highest BCUT2D eigenvalue weighted by Crippen LogP contribution is 2.34. The Labute approximate surface area is 199 Å². The molecule has 7 nitrogen and oxygen atoms in total. The minimum atomic E-state index is -4.79. The number of carbonyl (C=O) groups excluding carboxylic acids is 1. The number of nitrogens with zero attached hydrogens (tertiary/aromatic N) is 3. The first-order valence-corrected chi connectivity index (χ1v) is 10.3. The lowest BCUT2D eigenvalue weighted by Crippen LogP contribution is -2.36. The van der Waals surface area contributed by atoms with E-state index in [4.69, 9.17) is 9.47 Å². The maximum Gasteiger partial charge on any atom is 0.573 e. The molecule has 0 atom stereocenters. The number of fused-ring (bicyclic) bond motifs is 1. The number of amides is 1. The Morgan fingerprint density at radius 3 is 2.18 bits per heavy atom. The van der Waals surface area contributed by atoms with Crippen LogP contribution in [0.5, 0.6) is 17.2 Å². The number of hydrogen-bond acceptors (Lipinski definition) is 7. The van der Waals surface area contributed by atoms with E-state index in [9.17, 15) is 18.0 Å². The highest BCUT2D eigenvalue weighted by molar-refractivity contribution is 7.22. The van der Waals surface area contributed by atoms with Gasteiger partial charge in [0.05, 0.1) is 24.4 Å². The van der Waals surface area contributed by atoms with Gasteiger partial charge in [-0.3, -0.25) is 9.69 Å². The van der Waals surface area contributed by atoms with E-state index in [0.717, 1.165) is 11.3 Å². The van der Waals surface area contributed by atoms with E-state index in [2.05, 4.69) is 9.72 Å². The van der Waals surface area contributed by atoms with Gasteiger partial charge in [-0.1, -0.05) is 11.3 Å². The molecule has 1 amide bonds. The summed E-state index contributed by atoms with van der Waals surface area (Å²) in [6.07, 6.45) is -4.79. The number of rotatable bonds is 8. The summed E-state index contributed by atoms with van der Waals surface area (Å²) in [7, 11) is 6.72. The Bertz CT molecular complexity index is 1090. The van der Waals surface area contributed by atoms with Gasteiger partial charge < -0.3 is 19.1 Å². The number of halogens is 4. The first kappa shape index (κ1) is 26.5. The standard InChI is InChI=1S/C21H22F3N3O4S.ClH/c1-26(2)7-8-27(19(28)13-9-15(29-3)11-16(10-13)30-4)20-25-17-6-5-14(12-18(17)32-20)31-21(22,23)24;/h5-6,9-12H,7-8H2,1-4H3;1H. The van der Waals surface area contributed by atoms with E-state index in [0.29, 0.717) is 45.5 Å². The summed E-state index contributed by atoms with van der Waals surface area (Å²) in [6, 6.07) is 8.72. The molecule has 0 radical (unpaired) electrons. The van der Waals surface area contributed by atoms with Crippen LogP contribution in [0.3, 0.4) is 0 Å². The Morgan fingerprint density at radius 1 is 1.00 bits per heavy atom. The van der Waals surface area contributed by atoms with Crippen LogP contribution in [0.1, 0.15) is 10.4 Å². The van der Waals surface area contributed by atoms with Gasteiger partial charge in [0.25, 0.3) is 5.91 Å². The Kier molecular flexibility index (Phi) is 8.76. The molecule has 2 aromatic carbocycles. The van der Waals surface area contributed by atoms with Crippen molar-refractivity contribution in [2.45, 2.75) is 6.36 Å². The molecule has 0 spiro atoms. The normalized spacial score (nSPS) is 11.3. The molecule has 3 rings (SSSR count). The molecule has 3 aromatic rings. The van der Waals surface area contributed by atoms with Gasteiger partial charge in [-0.15, -0.1) is 25.6 Å². The lowest BCUT2D eigenvalue weighted by molar-refractivity contribution is -0.274. The second-order valence-corrected chi connectivity index (χ2v) is 8.04. The first-order chi connectivity index (χ1) is 15.1. The smallest absolute Gasteiger partial charge is 0.497 e. The summed E-state index contributed by atoms with van der Waals surface area (Å²) in [6.45, 7) is 0.863. The van der Waals surface area contributed by atoms with Gasteiger partial charge in [0.1, 0.15) is 17.2 Å². The van der Waals surface area contributed by atoms with Crippen molar-refractivity contribution in [2.24, 2.45) is 0 Å². The number of benzene rings is 2. The van der Waals surface area contributed by atoms with Crippen LogP contribution in [0, 0.1) is 0 Å². The average molecular weight is 506 g/mol. The summed E-state index contributed by atoms with van der Waals surface area (Å²) in [4.78, 5) is 21.3. The minimum Gasteiger partial charge on any atom is -0.497 e. The van der Waals surface area contributed by atoms with Crippen molar-refractivity contribution < 1.29 is 32.2 Å². The van der Waals surface area contributed by atoms with Gasteiger partial charge in [0.15, 0.2) is 5.13 Å². The molecule has 0 saturated heterocycles. The monoisotopic (exact) mass is 505 g/mol. The molecule has 0 aliphatic carbocycles. The molecule has 0 aliphatic heterocycles. The maximum atomic E-state index is 13.4. The summed E-state index contributed by atoms with van der Waals surface area (Å²) in [5, 5.41) is 0.359. The van der Waals surface area contributed by atoms with Crippen molar-refractivity contribution in [1.29, 1.82) is 0 Å². The molecule has 0 aliphatic rings. The van der Waals surface area contributed by atoms with Gasteiger partial charge in [-0.2, -0.15) is 0 Å². The van der Waals surface area contributed by atoms with Crippen LogP contribution in [-0.4, -0.2) is 63.6 Å². The third-order valence-corrected chi connectivity index (χ3v) is 5.47. The fourth-order valence-corrected chi connectivity index (χ4v) is 3.89. The molecule has 0 saturated carbocycles. The predicted octanol–water partition coefficient (Wildman–Crippen LogP) is 4.84. The molecule has 33 heavy (non-hydrogen) atoms. The van der Waals surface area contributed by atoms with Crippen LogP contribution in [-0.2, 0) is 0 Å². The number of ether oxygens (including phenoxy) is 3. The van der Waals surface area contributed by atoms with Crippen LogP contribution in [0.25, 0.3) is 10.2 Å². The van der Waals surface area contributed by atoms with E-state index >= 15 is 0 Å². The lowest BCUT2D eigenvalue weighted by Gasteiger charge is -2.22. The highest BCUT2D eigenvalue weighted by Gasteiger charge is 2.31. The van der Waals surface area contributed by atoms with Crippen LogP contribution in [0.2, 0.25) is 0 Å². The molecule has 0 unspecified atom stereocenters. The fourth-order valence-electron chi connectivity index (χ4n) is 2.88. The van der Waals surface area contributed by atoms with E-state index in [1.807, 2.05) is 19.0 Å². The number of methoxy groups -OCH3 is 2. The van der Waals surface area contributed by atoms with Gasteiger partial charge in [0, 0.05) is 30.8 Å². The molecule has 12 heteroatoms. The van der Waals surface area contributed by atoms with Crippen LogP contribution in [0.4, 0.5) is 18.3 Å². The Balaban J connectivity index is 0.00000385. The minimum absolute atomic E-state index is 0. The molecule has 0 bridgehead atoms. The topological polar surface area (TPSA) is 64.1 Å². The lowest BCUT2D eigenvalue weighted by atomic mass is 10.1. The fraction of sp³-hybridized carbons (Fsp3) is 0.333. The summed E-state index contributed by atoms with van der Waals surface area (Å²) < 4.78 is 52.6. The second-order valence-electron chi connectivity index (χ2n) is 7.04. The number of anilines is 1. The summed E-state index contributed by atoms with van der Waals surface area (Å²) in [5.41, 5.74) is 0.797. The van der Waals surface area contributed by atoms with E-state index in [1.165, 1.54) is 37.3 Å². The number of likely N-dealkylation sites (N-methyl/N-ethyl adjacent to an activating group) is 1. The average Bonchev–Trinajstić information content (AvgIpc) is 3.14. The van der Waals surface area contributed by atoms with Crippen molar-refractivity contribution in [3.8, 4) is 17.2 Å². The third kappa shape index (κ3) is 6.86. The third-order valence-electron chi connectivity index (χ3n) is 4.43. The Morgan fingerprint density at radius 2 is 1.64 bits per heavy atom.